The Kier molecular flexibility index (Phi) is 6.92. The Morgan fingerprint density at radius 2 is 1.56 bits per heavy atom. The van der Waals surface area contributed by atoms with Crippen LogP contribution < -0.4 is 20.7 Å². The van der Waals surface area contributed by atoms with Crippen LogP contribution in [0, 0.1) is 5.92 Å². The number of amides is 3. The minimum absolute atomic E-state index is 0.0440. The van der Waals surface area contributed by atoms with E-state index in [0.29, 0.717) is 35.5 Å². The predicted molar refractivity (Wildman–Crippen MR) is 132 cm³/mol. The van der Waals surface area contributed by atoms with Crippen LogP contribution >= 0.6 is 0 Å². The molecular formula is C27H27N3O4. The van der Waals surface area contributed by atoms with Crippen molar-refractivity contribution in [3.8, 4) is 5.75 Å². The fraction of sp³-hybridized carbons (Fsp3) is 0.222. The highest BCUT2D eigenvalue weighted by atomic mass is 16.5. The van der Waals surface area contributed by atoms with Crippen molar-refractivity contribution >= 4 is 34.8 Å². The second kappa shape index (κ2) is 10.2. The normalized spacial score (nSPS) is 14.1. The molecule has 1 unspecified atom stereocenters. The number of ether oxygens (including phenoxy) is 1. The lowest BCUT2D eigenvalue weighted by molar-refractivity contribution is -0.122. The minimum Gasteiger partial charge on any atom is -0.480 e. The van der Waals surface area contributed by atoms with Crippen molar-refractivity contribution in [2.24, 2.45) is 5.92 Å². The molecule has 3 aromatic carbocycles. The Balaban J connectivity index is 1.34. The van der Waals surface area contributed by atoms with Crippen LogP contribution in [0.5, 0.6) is 5.75 Å². The van der Waals surface area contributed by atoms with Gasteiger partial charge in [-0.05, 0) is 60.0 Å². The first kappa shape index (κ1) is 23.0. The highest BCUT2D eigenvalue weighted by Crippen LogP contribution is 2.28. The Bertz CT molecular complexity index is 1180. The van der Waals surface area contributed by atoms with E-state index in [4.69, 9.17) is 4.74 Å². The van der Waals surface area contributed by atoms with Gasteiger partial charge in [-0.2, -0.15) is 0 Å². The van der Waals surface area contributed by atoms with Gasteiger partial charge in [-0.15, -0.1) is 0 Å². The van der Waals surface area contributed by atoms with Crippen LogP contribution in [-0.2, 0) is 16.0 Å². The van der Waals surface area contributed by atoms with Crippen molar-refractivity contribution in [3.05, 3.63) is 83.9 Å². The Morgan fingerprint density at radius 3 is 2.26 bits per heavy atom. The molecule has 7 heteroatoms. The summed E-state index contributed by atoms with van der Waals surface area (Å²) in [4.78, 5) is 37.3. The summed E-state index contributed by atoms with van der Waals surface area (Å²) >= 11 is 0. The standard InChI is InChI=1S/C27H27N3O4/c1-17(2)14-25(31)28-20-10-12-21(13-11-20)29-26(32)19-7-5-8-22(15-19)30-27(33)24-16-18-6-3-4-9-23(18)34-24/h3-13,15,17,24H,14,16H2,1-2H3,(H,28,31)(H,29,32)(H,30,33). The number of hydrogen-bond donors (Lipinski definition) is 3. The van der Waals surface area contributed by atoms with Gasteiger partial charge in [-0.1, -0.05) is 38.1 Å². The molecule has 3 N–H and O–H groups in total. The number of rotatable bonds is 7. The van der Waals surface area contributed by atoms with Crippen LogP contribution in [0.1, 0.15) is 36.2 Å². The van der Waals surface area contributed by atoms with Crippen molar-refractivity contribution < 1.29 is 19.1 Å². The number of anilines is 3. The highest BCUT2D eigenvalue weighted by molar-refractivity contribution is 6.05. The molecule has 0 saturated heterocycles. The van der Waals surface area contributed by atoms with Crippen molar-refractivity contribution in [1.82, 2.24) is 0 Å². The zero-order chi connectivity index (χ0) is 24.1. The molecule has 1 aliphatic rings. The smallest absolute Gasteiger partial charge is 0.265 e. The maximum Gasteiger partial charge on any atom is 0.265 e. The third-order valence-corrected chi connectivity index (χ3v) is 5.35. The maximum atomic E-state index is 12.7. The molecule has 1 atom stereocenters. The summed E-state index contributed by atoms with van der Waals surface area (Å²) in [5.41, 5.74) is 3.19. The molecule has 0 spiro atoms. The fourth-order valence-electron chi connectivity index (χ4n) is 3.71. The molecule has 0 saturated carbocycles. The second-order valence-electron chi connectivity index (χ2n) is 8.67. The lowest BCUT2D eigenvalue weighted by Gasteiger charge is -2.12. The molecule has 4 rings (SSSR count). The van der Waals surface area contributed by atoms with Crippen molar-refractivity contribution in [1.29, 1.82) is 0 Å². The Labute approximate surface area is 198 Å². The summed E-state index contributed by atoms with van der Waals surface area (Å²) in [7, 11) is 0. The summed E-state index contributed by atoms with van der Waals surface area (Å²) < 4.78 is 5.73. The largest absolute Gasteiger partial charge is 0.480 e. The van der Waals surface area contributed by atoms with Crippen LogP contribution in [0.25, 0.3) is 0 Å². The van der Waals surface area contributed by atoms with Crippen LogP contribution in [-0.4, -0.2) is 23.8 Å². The summed E-state index contributed by atoms with van der Waals surface area (Å²) in [6.07, 6.45) is 0.357. The fourth-order valence-corrected chi connectivity index (χ4v) is 3.71. The van der Waals surface area contributed by atoms with Crippen LogP contribution in [0.3, 0.4) is 0 Å². The van der Waals surface area contributed by atoms with Crippen molar-refractivity contribution in [2.45, 2.75) is 32.8 Å². The number of carbonyl (C=O) groups excluding carboxylic acids is 3. The van der Waals surface area contributed by atoms with E-state index in [1.807, 2.05) is 38.1 Å². The summed E-state index contributed by atoms with van der Waals surface area (Å²) in [5, 5.41) is 8.50. The number of fused-ring (bicyclic) bond motifs is 1. The van der Waals surface area contributed by atoms with Crippen LogP contribution in [0.15, 0.2) is 72.8 Å². The number of hydrogen-bond acceptors (Lipinski definition) is 4. The SMILES string of the molecule is CC(C)CC(=O)Nc1ccc(NC(=O)c2cccc(NC(=O)C3Cc4ccccc4O3)c2)cc1. The van der Waals surface area contributed by atoms with Gasteiger partial charge in [-0.25, -0.2) is 0 Å². The summed E-state index contributed by atoms with van der Waals surface area (Å²) in [5.74, 6) is 0.390. The summed E-state index contributed by atoms with van der Waals surface area (Å²) in [6.45, 7) is 3.97. The van der Waals surface area contributed by atoms with E-state index in [9.17, 15) is 14.4 Å². The number of benzene rings is 3. The van der Waals surface area contributed by atoms with Crippen molar-refractivity contribution in [3.63, 3.8) is 0 Å². The summed E-state index contributed by atoms with van der Waals surface area (Å²) in [6, 6.07) is 21.2. The molecule has 7 nitrogen and oxygen atoms in total. The van der Waals surface area contributed by atoms with Crippen molar-refractivity contribution in [2.75, 3.05) is 16.0 Å². The zero-order valence-corrected chi connectivity index (χ0v) is 19.1. The lowest BCUT2D eigenvalue weighted by Crippen LogP contribution is -2.31. The molecule has 1 aliphatic heterocycles. The Morgan fingerprint density at radius 1 is 0.853 bits per heavy atom. The molecule has 0 bridgehead atoms. The van der Waals surface area contributed by atoms with Gasteiger partial charge in [0.1, 0.15) is 5.75 Å². The van der Waals surface area contributed by atoms with E-state index >= 15 is 0 Å². The molecule has 174 valence electrons. The average molecular weight is 458 g/mol. The lowest BCUT2D eigenvalue weighted by atomic mass is 10.1. The van der Waals surface area contributed by atoms with E-state index < -0.39 is 6.10 Å². The third kappa shape index (κ3) is 5.81. The van der Waals surface area contributed by atoms with Gasteiger partial charge in [0.05, 0.1) is 0 Å². The predicted octanol–water partition coefficient (Wildman–Crippen LogP) is 4.87. The molecule has 34 heavy (non-hydrogen) atoms. The average Bonchev–Trinajstić information content (AvgIpc) is 3.24. The zero-order valence-electron chi connectivity index (χ0n) is 19.1. The van der Waals surface area contributed by atoms with Gasteiger partial charge in [0.15, 0.2) is 6.10 Å². The maximum absolute atomic E-state index is 12.7. The molecule has 0 aliphatic carbocycles. The third-order valence-electron chi connectivity index (χ3n) is 5.35. The first-order chi connectivity index (χ1) is 16.4. The molecule has 0 fully saturated rings. The molecule has 3 aromatic rings. The van der Waals surface area contributed by atoms with Gasteiger partial charge in [0.2, 0.25) is 5.91 Å². The number of carbonyl (C=O) groups is 3. The molecular weight excluding hydrogens is 430 g/mol. The molecule has 0 aromatic heterocycles. The first-order valence-electron chi connectivity index (χ1n) is 11.2. The van der Waals surface area contributed by atoms with E-state index in [1.54, 1.807) is 48.5 Å². The van der Waals surface area contributed by atoms with Gasteiger partial charge in [0, 0.05) is 35.5 Å². The highest BCUT2D eigenvalue weighted by Gasteiger charge is 2.28. The van der Waals surface area contributed by atoms with Gasteiger partial charge < -0.3 is 20.7 Å². The van der Waals surface area contributed by atoms with Gasteiger partial charge in [0.25, 0.3) is 11.8 Å². The van der Waals surface area contributed by atoms with E-state index in [0.717, 1.165) is 11.3 Å². The second-order valence-corrected chi connectivity index (χ2v) is 8.67. The first-order valence-corrected chi connectivity index (χ1v) is 11.2. The number of para-hydroxylation sites is 1. The molecule has 1 heterocycles. The number of nitrogens with one attached hydrogen (secondary N) is 3. The monoisotopic (exact) mass is 457 g/mol. The Hall–Kier alpha value is -4.13. The minimum atomic E-state index is -0.602. The van der Waals surface area contributed by atoms with Gasteiger partial charge in [-0.3, -0.25) is 14.4 Å². The topological polar surface area (TPSA) is 96.5 Å². The quantitative estimate of drug-likeness (QED) is 0.472. The van der Waals surface area contributed by atoms with E-state index in [-0.39, 0.29) is 23.6 Å². The van der Waals surface area contributed by atoms with Gasteiger partial charge >= 0.3 is 0 Å². The van der Waals surface area contributed by atoms with E-state index in [1.165, 1.54) is 0 Å². The van der Waals surface area contributed by atoms with E-state index in [2.05, 4.69) is 16.0 Å². The molecule has 3 amide bonds. The van der Waals surface area contributed by atoms with Crippen LogP contribution in [0.2, 0.25) is 0 Å². The molecule has 0 radical (unpaired) electrons. The van der Waals surface area contributed by atoms with Crippen LogP contribution in [0.4, 0.5) is 17.1 Å².